The van der Waals surface area contributed by atoms with Gasteiger partial charge in [-0.05, 0) is 18.4 Å². The van der Waals surface area contributed by atoms with Crippen molar-refractivity contribution in [2.75, 3.05) is 11.6 Å². The van der Waals surface area contributed by atoms with Gasteiger partial charge in [0.05, 0.1) is 17.4 Å². The standard InChI is InChI=1S/C11H11N3S/c1-15-11(12)14-9-6-8-4-2-3-5-10(8)13-7-9/h2-7H,1H3,(H2,12,14). The molecule has 3 nitrogen and oxygen atoms in total. The van der Waals surface area contributed by atoms with Gasteiger partial charge in [-0.25, -0.2) is 0 Å². The normalized spacial score (nSPS) is 10.2. The van der Waals surface area contributed by atoms with E-state index in [1.165, 1.54) is 11.8 Å². The molecule has 15 heavy (non-hydrogen) atoms. The molecule has 0 amide bonds. The van der Waals surface area contributed by atoms with E-state index < -0.39 is 0 Å². The Labute approximate surface area is 92.4 Å². The van der Waals surface area contributed by atoms with E-state index in [9.17, 15) is 0 Å². The number of amidine groups is 1. The Hall–Kier alpha value is -1.55. The molecule has 4 heteroatoms. The third-order valence-corrected chi connectivity index (χ3v) is 2.56. The van der Waals surface area contributed by atoms with Gasteiger partial charge < -0.3 is 5.32 Å². The minimum absolute atomic E-state index is 0.423. The molecule has 0 radical (unpaired) electrons. The number of nitrogens with zero attached hydrogens (tertiary/aromatic N) is 1. The van der Waals surface area contributed by atoms with Crippen LogP contribution in [0.4, 0.5) is 5.69 Å². The Morgan fingerprint density at radius 2 is 2.20 bits per heavy atom. The molecule has 1 heterocycles. The van der Waals surface area contributed by atoms with Crippen molar-refractivity contribution in [3.63, 3.8) is 0 Å². The van der Waals surface area contributed by atoms with Crippen molar-refractivity contribution < 1.29 is 0 Å². The Morgan fingerprint density at radius 3 is 3.00 bits per heavy atom. The van der Waals surface area contributed by atoms with Crippen molar-refractivity contribution in [3.8, 4) is 0 Å². The lowest BCUT2D eigenvalue weighted by molar-refractivity contribution is 1.40. The summed E-state index contributed by atoms with van der Waals surface area (Å²) in [6, 6.07) is 9.92. The highest BCUT2D eigenvalue weighted by Crippen LogP contribution is 2.16. The van der Waals surface area contributed by atoms with Gasteiger partial charge >= 0.3 is 0 Å². The largest absolute Gasteiger partial charge is 0.334 e. The fourth-order valence-corrected chi connectivity index (χ4v) is 1.54. The van der Waals surface area contributed by atoms with Crippen LogP contribution in [0, 0.1) is 5.41 Å². The quantitative estimate of drug-likeness (QED) is 0.570. The first kappa shape index (κ1) is 9.98. The molecule has 0 spiro atoms. The topological polar surface area (TPSA) is 48.8 Å². The summed E-state index contributed by atoms with van der Waals surface area (Å²) < 4.78 is 0. The van der Waals surface area contributed by atoms with Gasteiger partial charge in [0.15, 0.2) is 5.17 Å². The van der Waals surface area contributed by atoms with Crippen molar-refractivity contribution >= 4 is 33.5 Å². The molecule has 76 valence electrons. The van der Waals surface area contributed by atoms with Gasteiger partial charge in [0.2, 0.25) is 0 Å². The number of rotatable bonds is 1. The van der Waals surface area contributed by atoms with Crippen molar-refractivity contribution in [1.82, 2.24) is 4.98 Å². The third kappa shape index (κ3) is 2.27. The van der Waals surface area contributed by atoms with Crippen LogP contribution in [-0.2, 0) is 0 Å². The summed E-state index contributed by atoms with van der Waals surface area (Å²) in [5.41, 5.74) is 1.83. The van der Waals surface area contributed by atoms with Crippen LogP contribution in [0.15, 0.2) is 36.5 Å². The number of hydrogen-bond acceptors (Lipinski definition) is 3. The smallest absolute Gasteiger partial charge is 0.157 e. The number of fused-ring (bicyclic) bond motifs is 1. The molecule has 0 bridgehead atoms. The monoisotopic (exact) mass is 217 g/mol. The molecule has 2 rings (SSSR count). The first-order valence-corrected chi connectivity index (χ1v) is 5.76. The molecule has 2 N–H and O–H groups in total. The summed E-state index contributed by atoms with van der Waals surface area (Å²) in [7, 11) is 0. The van der Waals surface area contributed by atoms with Crippen molar-refractivity contribution in [1.29, 1.82) is 5.41 Å². The molecule has 0 aliphatic heterocycles. The van der Waals surface area contributed by atoms with Crippen LogP contribution in [0.3, 0.4) is 0 Å². The summed E-state index contributed by atoms with van der Waals surface area (Å²) in [6.45, 7) is 0. The molecule has 0 saturated heterocycles. The molecule has 0 atom stereocenters. The van der Waals surface area contributed by atoms with Gasteiger partial charge in [-0.3, -0.25) is 10.4 Å². The zero-order valence-electron chi connectivity index (χ0n) is 8.32. The second-order valence-corrected chi connectivity index (χ2v) is 3.89. The van der Waals surface area contributed by atoms with Gasteiger partial charge in [0.1, 0.15) is 0 Å². The maximum absolute atomic E-state index is 7.51. The fraction of sp³-hybridized carbons (Fsp3) is 0.0909. The molecular formula is C11H11N3S. The highest BCUT2D eigenvalue weighted by atomic mass is 32.2. The van der Waals surface area contributed by atoms with Crippen molar-refractivity contribution in [3.05, 3.63) is 36.5 Å². The summed E-state index contributed by atoms with van der Waals surface area (Å²) in [6.07, 6.45) is 3.61. The van der Waals surface area contributed by atoms with Crippen molar-refractivity contribution in [2.45, 2.75) is 0 Å². The Balaban J connectivity index is 2.34. The van der Waals surface area contributed by atoms with Crippen LogP contribution in [-0.4, -0.2) is 16.4 Å². The number of aromatic nitrogens is 1. The van der Waals surface area contributed by atoms with E-state index in [4.69, 9.17) is 5.41 Å². The van der Waals surface area contributed by atoms with E-state index in [1.54, 1.807) is 6.20 Å². The summed E-state index contributed by atoms with van der Waals surface area (Å²) >= 11 is 1.37. The first-order valence-electron chi connectivity index (χ1n) is 4.54. The Bertz CT molecular complexity index is 496. The fourth-order valence-electron chi connectivity index (χ4n) is 1.32. The van der Waals surface area contributed by atoms with Gasteiger partial charge in [-0.15, -0.1) is 0 Å². The van der Waals surface area contributed by atoms with E-state index in [1.807, 2.05) is 36.6 Å². The maximum atomic E-state index is 7.51. The number of hydrogen-bond donors (Lipinski definition) is 2. The lowest BCUT2D eigenvalue weighted by Gasteiger charge is -2.05. The molecule has 0 saturated carbocycles. The Kier molecular flexibility index (Phi) is 2.87. The van der Waals surface area contributed by atoms with E-state index in [-0.39, 0.29) is 0 Å². The van der Waals surface area contributed by atoms with E-state index in [0.717, 1.165) is 16.6 Å². The van der Waals surface area contributed by atoms with Gasteiger partial charge in [-0.2, -0.15) is 0 Å². The van der Waals surface area contributed by atoms with Crippen LogP contribution >= 0.6 is 11.8 Å². The van der Waals surface area contributed by atoms with Gasteiger partial charge in [-0.1, -0.05) is 30.0 Å². The number of anilines is 1. The molecule has 1 aromatic carbocycles. The van der Waals surface area contributed by atoms with E-state index in [2.05, 4.69) is 10.3 Å². The van der Waals surface area contributed by atoms with Crippen LogP contribution in [0.2, 0.25) is 0 Å². The highest BCUT2D eigenvalue weighted by Gasteiger charge is 1.98. The van der Waals surface area contributed by atoms with E-state index in [0.29, 0.717) is 5.17 Å². The van der Waals surface area contributed by atoms with Crippen LogP contribution in [0.5, 0.6) is 0 Å². The number of para-hydroxylation sites is 1. The SMILES string of the molecule is CSC(=N)Nc1cnc2ccccc2c1. The van der Waals surface area contributed by atoms with Crippen LogP contribution < -0.4 is 5.32 Å². The molecular weight excluding hydrogens is 206 g/mol. The minimum atomic E-state index is 0.423. The molecule has 1 aromatic heterocycles. The Morgan fingerprint density at radius 1 is 1.40 bits per heavy atom. The molecule has 0 unspecified atom stereocenters. The molecule has 0 aliphatic carbocycles. The predicted molar refractivity (Wildman–Crippen MR) is 66.6 cm³/mol. The number of benzene rings is 1. The predicted octanol–water partition coefficient (Wildman–Crippen LogP) is 2.94. The summed E-state index contributed by atoms with van der Waals surface area (Å²) in [4.78, 5) is 4.30. The third-order valence-electron chi connectivity index (χ3n) is 2.05. The average Bonchev–Trinajstić information content (AvgIpc) is 2.29. The maximum Gasteiger partial charge on any atom is 0.157 e. The second kappa shape index (κ2) is 4.31. The van der Waals surface area contributed by atoms with Crippen LogP contribution in [0.1, 0.15) is 0 Å². The van der Waals surface area contributed by atoms with Gasteiger partial charge in [0.25, 0.3) is 0 Å². The first-order chi connectivity index (χ1) is 7.29. The minimum Gasteiger partial charge on any atom is -0.334 e. The number of nitrogens with one attached hydrogen (secondary N) is 2. The molecule has 0 fully saturated rings. The molecule has 2 aromatic rings. The van der Waals surface area contributed by atoms with Crippen LogP contribution in [0.25, 0.3) is 10.9 Å². The number of thioether (sulfide) groups is 1. The zero-order chi connectivity index (χ0) is 10.7. The summed E-state index contributed by atoms with van der Waals surface area (Å²) in [5, 5.41) is 12.0. The lowest BCUT2D eigenvalue weighted by atomic mass is 10.2. The number of pyridine rings is 1. The lowest BCUT2D eigenvalue weighted by Crippen LogP contribution is -2.05. The molecule has 0 aliphatic rings. The van der Waals surface area contributed by atoms with E-state index >= 15 is 0 Å². The highest BCUT2D eigenvalue weighted by molar-refractivity contribution is 8.13. The van der Waals surface area contributed by atoms with Gasteiger partial charge in [0, 0.05) is 5.39 Å². The summed E-state index contributed by atoms with van der Waals surface area (Å²) in [5.74, 6) is 0. The zero-order valence-corrected chi connectivity index (χ0v) is 9.14. The average molecular weight is 217 g/mol. The van der Waals surface area contributed by atoms with Crippen molar-refractivity contribution in [2.24, 2.45) is 0 Å². The second-order valence-electron chi connectivity index (χ2n) is 3.07.